The monoisotopic (exact) mass is 221 g/mol. The van der Waals surface area contributed by atoms with E-state index in [2.05, 4.69) is 25.7 Å². The van der Waals surface area contributed by atoms with Gasteiger partial charge < -0.3 is 0 Å². The minimum Gasteiger partial charge on any atom is -0.103 e. The first kappa shape index (κ1) is 15.5. The van der Waals surface area contributed by atoms with Gasteiger partial charge in [-0.25, -0.2) is 0 Å². The van der Waals surface area contributed by atoms with Gasteiger partial charge in [0.2, 0.25) is 0 Å². The third-order valence-corrected chi connectivity index (χ3v) is 2.82. The SMILES string of the molecule is [CH2]CCCCCCCC=CCCCCC=C. The number of allylic oxidation sites excluding steroid dienone is 3. The Balaban J connectivity index is 3.00. The summed E-state index contributed by atoms with van der Waals surface area (Å²) in [6.45, 7) is 7.58. The van der Waals surface area contributed by atoms with Crippen LogP contribution in [0.15, 0.2) is 24.8 Å². The lowest BCUT2D eigenvalue weighted by Crippen LogP contribution is -1.78. The summed E-state index contributed by atoms with van der Waals surface area (Å²) >= 11 is 0. The molecule has 0 fully saturated rings. The molecule has 16 heavy (non-hydrogen) atoms. The summed E-state index contributed by atoms with van der Waals surface area (Å²) in [5.41, 5.74) is 0. The zero-order valence-corrected chi connectivity index (χ0v) is 10.9. The molecule has 0 aliphatic carbocycles. The summed E-state index contributed by atoms with van der Waals surface area (Å²) in [5, 5.41) is 0. The van der Waals surface area contributed by atoms with Crippen molar-refractivity contribution in [1.29, 1.82) is 0 Å². The minimum absolute atomic E-state index is 1.10. The molecular weight excluding hydrogens is 192 g/mol. The van der Waals surface area contributed by atoms with Crippen LogP contribution >= 0.6 is 0 Å². The lowest BCUT2D eigenvalue weighted by molar-refractivity contribution is 0.621. The van der Waals surface area contributed by atoms with E-state index in [1.54, 1.807) is 0 Å². The lowest BCUT2D eigenvalue weighted by atomic mass is 10.1. The summed E-state index contributed by atoms with van der Waals surface area (Å²) in [4.78, 5) is 0. The molecule has 0 nitrogen and oxygen atoms in total. The van der Waals surface area contributed by atoms with Crippen molar-refractivity contribution >= 4 is 0 Å². The first-order valence-electron chi connectivity index (χ1n) is 6.97. The molecule has 0 aliphatic rings. The van der Waals surface area contributed by atoms with Crippen LogP contribution in [0.2, 0.25) is 0 Å². The normalized spacial score (nSPS) is 11.1. The molecule has 0 aromatic heterocycles. The number of hydrogen-bond acceptors (Lipinski definition) is 0. The van der Waals surface area contributed by atoms with Crippen LogP contribution in [-0.2, 0) is 0 Å². The lowest BCUT2D eigenvalue weighted by Gasteiger charge is -1.97. The third-order valence-electron chi connectivity index (χ3n) is 2.82. The largest absolute Gasteiger partial charge is 0.103 e. The summed E-state index contributed by atoms with van der Waals surface area (Å²) < 4.78 is 0. The van der Waals surface area contributed by atoms with E-state index in [9.17, 15) is 0 Å². The molecule has 93 valence electrons. The van der Waals surface area contributed by atoms with E-state index in [-0.39, 0.29) is 0 Å². The number of unbranched alkanes of at least 4 members (excludes halogenated alkanes) is 9. The molecule has 0 aromatic carbocycles. The van der Waals surface area contributed by atoms with E-state index >= 15 is 0 Å². The highest BCUT2D eigenvalue weighted by molar-refractivity contribution is 4.81. The van der Waals surface area contributed by atoms with Crippen molar-refractivity contribution in [3.8, 4) is 0 Å². The highest BCUT2D eigenvalue weighted by atomic mass is 13.9. The molecule has 0 aromatic rings. The van der Waals surface area contributed by atoms with Crippen molar-refractivity contribution in [3.05, 3.63) is 31.7 Å². The Kier molecular flexibility index (Phi) is 14.0. The van der Waals surface area contributed by atoms with Crippen molar-refractivity contribution in [2.24, 2.45) is 0 Å². The summed E-state index contributed by atoms with van der Waals surface area (Å²) in [5.74, 6) is 0. The van der Waals surface area contributed by atoms with Gasteiger partial charge in [0.15, 0.2) is 0 Å². The van der Waals surface area contributed by atoms with E-state index in [1.807, 2.05) is 6.08 Å². The van der Waals surface area contributed by atoms with E-state index in [1.165, 1.54) is 64.2 Å². The highest BCUT2D eigenvalue weighted by Gasteiger charge is 1.88. The average Bonchev–Trinajstić information content (AvgIpc) is 2.31. The Morgan fingerprint density at radius 1 is 0.625 bits per heavy atom. The van der Waals surface area contributed by atoms with Gasteiger partial charge in [0.1, 0.15) is 0 Å². The standard InChI is InChI=1S/C16H29/c1-3-5-7-9-11-13-15-16-14-12-10-8-6-4-2/h3,13,15H,1-2,4-12,14,16H2. The molecule has 0 spiro atoms. The van der Waals surface area contributed by atoms with Crippen molar-refractivity contribution in [2.45, 2.75) is 70.6 Å². The molecule has 0 heteroatoms. The molecular formula is C16H29. The highest BCUT2D eigenvalue weighted by Crippen LogP contribution is 2.08. The zero-order valence-electron chi connectivity index (χ0n) is 10.9. The summed E-state index contributed by atoms with van der Waals surface area (Å²) in [6, 6.07) is 0. The van der Waals surface area contributed by atoms with Crippen LogP contribution in [0.5, 0.6) is 0 Å². The molecule has 0 unspecified atom stereocenters. The smallest absolute Gasteiger partial charge is 0.0351 e. The van der Waals surface area contributed by atoms with Gasteiger partial charge in [0, 0.05) is 0 Å². The van der Waals surface area contributed by atoms with Crippen molar-refractivity contribution < 1.29 is 0 Å². The van der Waals surface area contributed by atoms with Crippen molar-refractivity contribution in [3.63, 3.8) is 0 Å². The second kappa shape index (κ2) is 14.5. The topological polar surface area (TPSA) is 0 Å². The number of hydrogen-bond donors (Lipinski definition) is 0. The molecule has 0 rings (SSSR count). The average molecular weight is 221 g/mol. The Bertz CT molecular complexity index is 155. The van der Waals surface area contributed by atoms with Gasteiger partial charge >= 0.3 is 0 Å². The van der Waals surface area contributed by atoms with E-state index in [0.29, 0.717) is 0 Å². The summed E-state index contributed by atoms with van der Waals surface area (Å²) in [6.07, 6.45) is 20.9. The van der Waals surface area contributed by atoms with E-state index < -0.39 is 0 Å². The van der Waals surface area contributed by atoms with Crippen molar-refractivity contribution in [2.75, 3.05) is 0 Å². The number of rotatable bonds is 12. The molecule has 0 saturated heterocycles. The Labute approximate surface area is 103 Å². The van der Waals surface area contributed by atoms with Gasteiger partial charge in [-0.15, -0.1) is 6.58 Å². The van der Waals surface area contributed by atoms with E-state index in [4.69, 9.17) is 0 Å². The molecule has 0 atom stereocenters. The molecule has 0 aliphatic heterocycles. The maximum Gasteiger partial charge on any atom is -0.0351 e. The third kappa shape index (κ3) is 13.5. The molecule has 0 saturated carbocycles. The van der Waals surface area contributed by atoms with Gasteiger partial charge in [-0.3, -0.25) is 0 Å². The predicted molar refractivity (Wildman–Crippen MR) is 75.5 cm³/mol. The van der Waals surface area contributed by atoms with Gasteiger partial charge in [-0.05, 0) is 38.5 Å². The molecule has 0 amide bonds. The molecule has 1 radical (unpaired) electrons. The fourth-order valence-corrected chi connectivity index (χ4v) is 1.76. The van der Waals surface area contributed by atoms with Crippen LogP contribution in [0.3, 0.4) is 0 Å². The Hall–Kier alpha value is -0.520. The molecule has 0 N–H and O–H groups in total. The Morgan fingerprint density at radius 2 is 1.12 bits per heavy atom. The van der Waals surface area contributed by atoms with Gasteiger partial charge in [0.25, 0.3) is 0 Å². The maximum absolute atomic E-state index is 3.86. The first-order valence-corrected chi connectivity index (χ1v) is 6.97. The molecule has 0 heterocycles. The van der Waals surface area contributed by atoms with Gasteiger partial charge in [-0.1, -0.05) is 57.3 Å². The molecule has 0 bridgehead atoms. The maximum atomic E-state index is 3.86. The second-order valence-corrected chi connectivity index (χ2v) is 4.45. The fraction of sp³-hybridized carbons (Fsp3) is 0.688. The fourth-order valence-electron chi connectivity index (χ4n) is 1.76. The van der Waals surface area contributed by atoms with Crippen LogP contribution < -0.4 is 0 Å². The van der Waals surface area contributed by atoms with Crippen LogP contribution in [0.4, 0.5) is 0 Å². The van der Waals surface area contributed by atoms with Crippen LogP contribution in [0.1, 0.15) is 70.6 Å². The first-order chi connectivity index (χ1) is 7.91. The van der Waals surface area contributed by atoms with Crippen LogP contribution in [-0.4, -0.2) is 0 Å². The predicted octanol–water partition coefficient (Wildman–Crippen LogP) is 5.85. The van der Waals surface area contributed by atoms with Crippen LogP contribution in [0.25, 0.3) is 0 Å². The second-order valence-electron chi connectivity index (χ2n) is 4.45. The van der Waals surface area contributed by atoms with Gasteiger partial charge in [-0.2, -0.15) is 0 Å². The van der Waals surface area contributed by atoms with Crippen molar-refractivity contribution in [1.82, 2.24) is 0 Å². The van der Waals surface area contributed by atoms with E-state index in [0.717, 1.165) is 6.42 Å². The van der Waals surface area contributed by atoms with Gasteiger partial charge in [0.05, 0.1) is 0 Å². The summed E-state index contributed by atoms with van der Waals surface area (Å²) in [7, 11) is 0. The zero-order chi connectivity index (χ0) is 11.9. The quantitative estimate of drug-likeness (QED) is 0.286. The minimum atomic E-state index is 1.10. The Morgan fingerprint density at radius 3 is 1.75 bits per heavy atom. The van der Waals surface area contributed by atoms with Crippen LogP contribution in [0, 0.1) is 6.92 Å².